The van der Waals surface area contributed by atoms with Gasteiger partial charge in [0.1, 0.15) is 12.3 Å². The molecule has 0 unspecified atom stereocenters. The van der Waals surface area contributed by atoms with Gasteiger partial charge in [0.05, 0.1) is 24.9 Å². The number of hydrogen-bond acceptors (Lipinski definition) is 3. The summed E-state index contributed by atoms with van der Waals surface area (Å²) in [6.45, 7) is 0.0719. The fraction of sp³-hybridized carbons (Fsp3) is 0.222. The quantitative estimate of drug-likeness (QED) is 0.873. The van der Waals surface area contributed by atoms with Gasteiger partial charge < -0.3 is 14.5 Å². The van der Waals surface area contributed by atoms with Crippen LogP contribution in [0.1, 0.15) is 5.56 Å². The Morgan fingerprint density at radius 1 is 1.09 bits per heavy atom. The van der Waals surface area contributed by atoms with E-state index in [0.29, 0.717) is 0 Å². The van der Waals surface area contributed by atoms with Gasteiger partial charge in [0.25, 0.3) is 0 Å². The maximum absolute atomic E-state index is 12.7. The molecule has 0 spiro atoms. The lowest BCUT2D eigenvalue weighted by molar-refractivity contribution is -0.122. The Kier molecular flexibility index (Phi) is 4.02. The van der Waals surface area contributed by atoms with Gasteiger partial charge in [0, 0.05) is 7.05 Å². The van der Waals surface area contributed by atoms with Crippen LogP contribution in [0.15, 0.2) is 48.5 Å². The van der Waals surface area contributed by atoms with Crippen LogP contribution in [0.3, 0.4) is 0 Å². The van der Waals surface area contributed by atoms with Crippen LogP contribution in [-0.4, -0.2) is 32.5 Å². The number of methoxy groups -OCH3 is 1. The average Bonchev–Trinajstić information content (AvgIpc) is 2.58. The lowest BCUT2D eigenvalue weighted by Crippen LogP contribution is -2.47. The van der Waals surface area contributed by atoms with E-state index < -0.39 is 0 Å². The first kappa shape index (κ1) is 15.1. The number of carbonyl (C=O) groups excluding carboxylic acids is 2. The zero-order valence-corrected chi connectivity index (χ0v) is 13.2. The molecule has 1 aliphatic heterocycles. The number of rotatable bonds is 3. The highest BCUT2D eigenvalue weighted by atomic mass is 16.5. The monoisotopic (exact) mass is 310 g/mol. The van der Waals surface area contributed by atoms with E-state index in [1.54, 1.807) is 24.0 Å². The molecule has 5 nitrogen and oxygen atoms in total. The Balaban J connectivity index is 1.84. The molecule has 0 saturated carbocycles. The Bertz CT molecular complexity index is 740. The number of nitrogens with zero attached hydrogens (tertiary/aromatic N) is 2. The molecule has 3 rings (SSSR count). The van der Waals surface area contributed by atoms with E-state index in [1.165, 1.54) is 0 Å². The molecule has 23 heavy (non-hydrogen) atoms. The molecule has 0 saturated heterocycles. The first-order chi connectivity index (χ1) is 11.1. The van der Waals surface area contributed by atoms with Gasteiger partial charge in [-0.1, -0.05) is 24.3 Å². The summed E-state index contributed by atoms with van der Waals surface area (Å²) in [7, 11) is 3.33. The van der Waals surface area contributed by atoms with Crippen molar-refractivity contribution in [2.24, 2.45) is 0 Å². The summed E-state index contributed by atoms with van der Waals surface area (Å²) in [4.78, 5) is 27.9. The lowest BCUT2D eigenvalue weighted by Gasteiger charge is -2.34. The van der Waals surface area contributed by atoms with Crippen LogP contribution in [-0.2, 0) is 16.0 Å². The summed E-state index contributed by atoms with van der Waals surface area (Å²) in [6.07, 6.45) is 0.245. The van der Waals surface area contributed by atoms with Gasteiger partial charge in [0.15, 0.2) is 0 Å². The summed E-state index contributed by atoms with van der Waals surface area (Å²) < 4.78 is 5.12. The van der Waals surface area contributed by atoms with E-state index in [1.807, 2.05) is 48.5 Å². The highest BCUT2D eigenvalue weighted by molar-refractivity contribution is 6.11. The van der Waals surface area contributed by atoms with Gasteiger partial charge in [-0.3, -0.25) is 9.59 Å². The maximum atomic E-state index is 12.7. The molecule has 2 aromatic carbocycles. The van der Waals surface area contributed by atoms with Gasteiger partial charge in [-0.25, -0.2) is 0 Å². The Morgan fingerprint density at radius 2 is 1.74 bits per heavy atom. The standard InChI is InChI=1S/C18H18N2O3/c1-19-15-5-3-4-6-16(15)20(12-18(19)22)17(21)11-13-7-9-14(23-2)10-8-13/h3-10H,11-12H2,1-2H3. The molecule has 0 aromatic heterocycles. The van der Waals surface area contributed by atoms with Crippen LogP contribution < -0.4 is 14.5 Å². The average molecular weight is 310 g/mol. The highest BCUT2D eigenvalue weighted by Gasteiger charge is 2.30. The summed E-state index contributed by atoms with van der Waals surface area (Å²) >= 11 is 0. The van der Waals surface area contributed by atoms with Crippen molar-refractivity contribution in [1.82, 2.24) is 0 Å². The number of amides is 2. The van der Waals surface area contributed by atoms with Crippen molar-refractivity contribution in [2.45, 2.75) is 6.42 Å². The van der Waals surface area contributed by atoms with E-state index in [9.17, 15) is 9.59 Å². The minimum atomic E-state index is -0.0935. The molecular formula is C18H18N2O3. The van der Waals surface area contributed by atoms with Crippen molar-refractivity contribution in [3.63, 3.8) is 0 Å². The Labute approximate surface area is 135 Å². The Hall–Kier alpha value is -2.82. The number of fused-ring (bicyclic) bond motifs is 1. The van der Waals surface area contributed by atoms with E-state index in [4.69, 9.17) is 4.74 Å². The first-order valence-electron chi connectivity index (χ1n) is 7.39. The number of hydrogen-bond donors (Lipinski definition) is 0. The smallest absolute Gasteiger partial charge is 0.246 e. The van der Waals surface area contributed by atoms with E-state index >= 15 is 0 Å². The van der Waals surface area contributed by atoms with Crippen LogP contribution in [0.5, 0.6) is 5.75 Å². The molecule has 0 N–H and O–H groups in total. The molecule has 1 aliphatic rings. The third-order valence-electron chi connectivity index (χ3n) is 4.02. The van der Waals surface area contributed by atoms with Gasteiger partial charge in [0.2, 0.25) is 11.8 Å². The maximum Gasteiger partial charge on any atom is 0.246 e. The second kappa shape index (κ2) is 6.12. The second-order valence-electron chi connectivity index (χ2n) is 5.45. The molecule has 2 amide bonds. The molecule has 118 valence electrons. The van der Waals surface area contributed by atoms with Gasteiger partial charge in [-0.15, -0.1) is 0 Å². The Morgan fingerprint density at radius 3 is 2.39 bits per heavy atom. The summed E-state index contributed by atoms with van der Waals surface area (Å²) in [6, 6.07) is 14.8. The topological polar surface area (TPSA) is 49.9 Å². The zero-order valence-electron chi connectivity index (χ0n) is 13.2. The summed E-state index contributed by atoms with van der Waals surface area (Å²) in [5, 5.41) is 0. The third-order valence-corrected chi connectivity index (χ3v) is 4.02. The van der Waals surface area contributed by atoms with Gasteiger partial charge in [-0.05, 0) is 29.8 Å². The molecule has 0 bridgehead atoms. The van der Waals surface area contributed by atoms with Gasteiger partial charge in [-0.2, -0.15) is 0 Å². The van der Waals surface area contributed by atoms with E-state index in [2.05, 4.69) is 0 Å². The molecule has 5 heteroatoms. The fourth-order valence-corrected chi connectivity index (χ4v) is 2.67. The predicted octanol–water partition coefficient (Wildman–Crippen LogP) is 2.25. The zero-order chi connectivity index (χ0) is 16.4. The van der Waals surface area contributed by atoms with Crippen molar-refractivity contribution >= 4 is 23.2 Å². The minimum absolute atomic E-state index is 0.0719. The minimum Gasteiger partial charge on any atom is -0.497 e. The molecule has 1 heterocycles. The van der Waals surface area contributed by atoms with Gasteiger partial charge >= 0.3 is 0 Å². The summed E-state index contributed by atoms with van der Waals surface area (Å²) in [5.41, 5.74) is 2.42. The number of benzene rings is 2. The fourth-order valence-electron chi connectivity index (χ4n) is 2.67. The van der Waals surface area contributed by atoms with Crippen LogP contribution in [0, 0.1) is 0 Å². The lowest BCUT2D eigenvalue weighted by atomic mass is 10.1. The van der Waals surface area contributed by atoms with E-state index in [-0.39, 0.29) is 24.8 Å². The first-order valence-corrected chi connectivity index (χ1v) is 7.39. The molecular weight excluding hydrogens is 292 g/mol. The van der Waals surface area contributed by atoms with Crippen molar-refractivity contribution < 1.29 is 14.3 Å². The number of anilines is 2. The molecule has 0 atom stereocenters. The van der Waals surface area contributed by atoms with E-state index in [0.717, 1.165) is 22.7 Å². The molecule has 2 aromatic rings. The largest absolute Gasteiger partial charge is 0.497 e. The van der Waals surface area contributed by atoms with Crippen molar-refractivity contribution in [2.75, 3.05) is 30.5 Å². The third kappa shape index (κ3) is 2.90. The van der Waals surface area contributed by atoms with Crippen LogP contribution in [0.2, 0.25) is 0 Å². The SMILES string of the molecule is COc1ccc(CC(=O)N2CC(=O)N(C)c3ccccc32)cc1. The van der Waals surface area contributed by atoms with Crippen molar-refractivity contribution in [3.05, 3.63) is 54.1 Å². The van der Waals surface area contributed by atoms with Crippen molar-refractivity contribution in [3.8, 4) is 5.75 Å². The highest BCUT2D eigenvalue weighted by Crippen LogP contribution is 2.32. The predicted molar refractivity (Wildman–Crippen MR) is 88.9 cm³/mol. The summed E-state index contributed by atoms with van der Waals surface area (Å²) in [5.74, 6) is 0.567. The number of para-hydroxylation sites is 2. The number of carbonyl (C=O) groups is 2. The second-order valence-corrected chi connectivity index (χ2v) is 5.45. The number of ether oxygens (including phenoxy) is 1. The van der Waals surface area contributed by atoms with Crippen LogP contribution in [0.4, 0.5) is 11.4 Å². The molecule has 0 radical (unpaired) electrons. The molecule has 0 aliphatic carbocycles. The number of likely N-dealkylation sites (N-methyl/N-ethyl adjacent to an activating group) is 1. The molecule has 0 fully saturated rings. The van der Waals surface area contributed by atoms with Crippen LogP contribution in [0.25, 0.3) is 0 Å². The van der Waals surface area contributed by atoms with Crippen LogP contribution >= 0.6 is 0 Å². The normalized spacial score (nSPS) is 13.7. The van der Waals surface area contributed by atoms with Crippen molar-refractivity contribution in [1.29, 1.82) is 0 Å².